The molecule has 0 saturated carbocycles. The van der Waals surface area contributed by atoms with E-state index < -0.39 is 0 Å². The van der Waals surface area contributed by atoms with Crippen molar-refractivity contribution < 1.29 is 4.79 Å². The Kier molecular flexibility index (Phi) is 6.07. The number of amides is 1. The molecule has 2 saturated heterocycles. The van der Waals surface area contributed by atoms with Crippen LogP contribution in [0.1, 0.15) is 54.7 Å². The first-order valence-electron chi connectivity index (χ1n) is 10.6. The molecule has 1 aromatic heterocycles. The molecule has 2 aliphatic heterocycles. The number of aromatic nitrogens is 2. The first-order valence-corrected chi connectivity index (χ1v) is 10.6. The van der Waals surface area contributed by atoms with Crippen LogP contribution in [0.2, 0.25) is 0 Å². The van der Waals surface area contributed by atoms with Crippen LogP contribution in [0, 0.1) is 5.92 Å². The summed E-state index contributed by atoms with van der Waals surface area (Å²) < 4.78 is 1.92. The van der Waals surface area contributed by atoms with E-state index in [1.165, 1.54) is 31.5 Å². The zero-order valence-corrected chi connectivity index (χ0v) is 16.7. The van der Waals surface area contributed by atoms with Crippen LogP contribution in [0.15, 0.2) is 36.5 Å². The second-order valence-electron chi connectivity index (χ2n) is 8.29. The van der Waals surface area contributed by atoms with Gasteiger partial charge in [0.15, 0.2) is 5.69 Å². The molecule has 0 bridgehead atoms. The van der Waals surface area contributed by atoms with Crippen molar-refractivity contribution in [1.29, 1.82) is 0 Å². The molecule has 6 heteroatoms. The smallest absolute Gasteiger partial charge is 0.276 e. The number of piperidine rings is 2. The Hall–Kier alpha value is -2.18. The van der Waals surface area contributed by atoms with E-state index in [-0.39, 0.29) is 5.91 Å². The number of benzene rings is 1. The van der Waals surface area contributed by atoms with Gasteiger partial charge in [-0.1, -0.05) is 19.1 Å². The number of hydrogen-bond acceptors (Lipinski definition) is 4. The fraction of sp³-hybridized carbons (Fsp3) is 0.545. The Labute approximate surface area is 167 Å². The molecule has 150 valence electrons. The molecule has 1 unspecified atom stereocenters. The highest BCUT2D eigenvalue weighted by Crippen LogP contribution is 2.20. The molecular weight excluding hydrogens is 350 g/mol. The van der Waals surface area contributed by atoms with Gasteiger partial charge in [0, 0.05) is 25.0 Å². The molecule has 1 amide bonds. The van der Waals surface area contributed by atoms with Crippen molar-refractivity contribution >= 4 is 11.6 Å². The standard InChI is InChI=1S/C22H31N5O/c1-17-8-12-26(13-9-17)16-18-4-6-19(7-5-18)24-22(28)21-10-14-27(25-21)20-3-2-11-23-15-20/h4-7,10,14,17,20,23H,2-3,8-9,11-13,15-16H2,1H3,(H,24,28). The molecule has 2 aromatic rings. The summed E-state index contributed by atoms with van der Waals surface area (Å²) in [7, 11) is 0. The van der Waals surface area contributed by atoms with Crippen molar-refractivity contribution in [3.63, 3.8) is 0 Å². The van der Waals surface area contributed by atoms with Gasteiger partial charge >= 0.3 is 0 Å². The van der Waals surface area contributed by atoms with E-state index in [1.807, 2.05) is 23.0 Å². The quantitative estimate of drug-likeness (QED) is 0.834. The highest BCUT2D eigenvalue weighted by molar-refractivity contribution is 6.02. The van der Waals surface area contributed by atoms with Gasteiger partial charge in [0.25, 0.3) is 5.91 Å². The molecule has 2 N–H and O–H groups in total. The van der Waals surface area contributed by atoms with Crippen LogP contribution in [0.25, 0.3) is 0 Å². The highest BCUT2D eigenvalue weighted by atomic mass is 16.1. The molecule has 28 heavy (non-hydrogen) atoms. The third-order valence-electron chi connectivity index (χ3n) is 5.98. The van der Waals surface area contributed by atoms with Gasteiger partial charge in [-0.2, -0.15) is 5.10 Å². The lowest BCUT2D eigenvalue weighted by molar-refractivity contribution is 0.102. The lowest BCUT2D eigenvalue weighted by Crippen LogP contribution is -2.32. The van der Waals surface area contributed by atoms with Crippen LogP contribution in [0.3, 0.4) is 0 Å². The Morgan fingerprint density at radius 2 is 1.96 bits per heavy atom. The number of carbonyl (C=O) groups is 1. The van der Waals surface area contributed by atoms with Crippen molar-refractivity contribution in [2.75, 3.05) is 31.5 Å². The van der Waals surface area contributed by atoms with E-state index in [9.17, 15) is 4.79 Å². The van der Waals surface area contributed by atoms with E-state index in [4.69, 9.17) is 0 Å². The molecule has 0 radical (unpaired) electrons. The average Bonchev–Trinajstić information content (AvgIpc) is 3.22. The topological polar surface area (TPSA) is 62.2 Å². The second-order valence-corrected chi connectivity index (χ2v) is 8.29. The minimum atomic E-state index is -0.153. The van der Waals surface area contributed by atoms with Gasteiger partial charge in [0.1, 0.15) is 0 Å². The Balaban J connectivity index is 1.31. The SMILES string of the molecule is CC1CCN(Cc2ccc(NC(=O)c3ccn(C4CCCNC4)n3)cc2)CC1. The van der Waals surface area contributed by atoms with E-state index in [2.05, 4.69) is 39.7 Å². The van der Waals surface area contributed by atoms with Gasteiger partial charge in [-0.05, 0) is 75.0 Å². The van der Waals surface area contributed by atoms with Crippen LogP contribution >= 0.6 is 0 Å². The Morgan fingerprint density at radius 1 is 1.18 bits per heavy atom. The lowest BCUT2D eigenvalue weighted by atomic mass is 9.99. The molecule has 2 aliphatic rings. The number of anilines is 1. The summed E-state index contributed by atoms with van der Waals surface area (Å²) in [6.07, 6.45) is 6.74. The lowest BCUT2D eigenvalue weighted by Gasteiger charge is -2.30. The zero-order chi connectivity index (χ0) is 19.3. The summed E-state index contributed by atoms with van der Waals surface area (Å²) in [6, 6.07) is 10.3. The van der Waals surface area contributed by atoms with Gasteiger partial charge in [0.2, 0.25) is 0 Å². The Morgan fingerprint density at radius 3 is 2.68 bits per heavy atom. The van der Waals surface area contributed by atoms with Crippen LogP contribution in [-0.2, 0) is 6.54 Å². The van der Waals surface area contributed by atoms with Gasteiger partial charge in [-0.15, -0.1) is 0 Å². The van der Waals surface area contributed by atoms with E-state index in [0.717, 1.165) is 44.1 Å². The minimum absolute atomic E-state index is 0.153. The normalized spacial score (nSPS) is 21.5. The fourth-order valence-electron chi connectivity index (χ4n) is 4.09. The number of hydrogen-bond donors (Lipinski definition) is 2. The van der Waals surface area contributed by atoms with Crippen LogP contribution in [0.4, 0.5) is 5.69 Å². The summed E-state index contributed by atoms with van der Waals surface area (Å²) in [5.74, 6) is 0.701. The number of carbonyl (C=O) groups excluding carboxylic acids is 1. The number of likely N-dealkylation sites (tertiary alicyclic amines) is 1. The van der Waals surface area contributed by atoms with Crippen molar-refractivity contribution in [3.8, 4) is 0 Å². The first kappa shape index (κ1) is 19.2. The predicted octanol–water partition coefficient (Wildman–Crippen LogP) is 3.29. The van der Waals surface area contributed by atoms with Crippen molar-refractivity contribution in [2.24, 2.45) is 5.92 Å². The van der Waals surface area contributed by atoms with Gasteiger partial charge in [-0.25, -0.2) is 0 Å². The first-order chi connectivity index (χ1) is 13.7. The maximum absolute atomic E-state index is 12.5. The summed E-state index contributed by atoms with van der Waals surface area (Å²) in [5.41, 5.74) is 2.58. The zero-order valence-electron chi connectivity index (χ0n) is 16.7. The van der Waals surface area contributed by atoms with Gasteiger partial charge in [-0.3, -0.25) is 14.4 Å². The average molecular weight is 382 g/mol. The molecule has 1 atom stereocenters. The third-order valence-corrected chi connectivity index (χ3v) is 5.98. The fourth-order valence-corrected chi connectivity index (χ4v) is 4.09. The van der Waals surface area contributed by atoms with Crippen LogP contribution in [-0.4, -0.2) is 46.8 Å². The van der Waals surface area contributed by atoms with Crippen molar-refractivity contribution in [1.82, 2.24) is 20.0 Å². The molecular formula is C22H31N5O. The molecule has 0 spiro atoms. The number of nitrogens with one attached hydrogen (secondary N) is 2. The second kappa shape index (κ2) is 8.88. The number of rotatable bonds is 5. The van der Waals surface area contributed by atoms with E-state index >= 15 is 0 Å². The van der Waals surface area contributed by atoms with Gasteiger partial charge in [0.05, 0.1) is 6.04 Å². The number of nitrogens with zero attached hydrogens (tertiary/aromatic N) is 3. The maximum atomic E-state index is 12.5. The maximum Gasteiger partial charge on any atom is 0.276 e. The third kappa shape index (κ3) is 4.80. The molecule has 6 nitrogen and oxygen atoms in total. The molecule has 3 heterocycles. The van der Waals surface area contributed by atoms with Crippen LogP contribution in [0.5, 0.6) is 0 Å². The van der Waals surface area contributed by atoms with Gasteiger partial charge < -0.3 is 10.6 Å². The predicted molar refractivity (Wildman–Crippen MR) is 111 cm³/mol. The van der Waals surface area contributed by atoms with E-state index in [0.29, 0.717) is 11.7 Å². The minimum Gasteiger partial charge on any atom is -0.321 e. The molecule has 4 rings (SSSR count). The summed E-state index contributed by atoms with van der Waals surface area (Å²) in [4.78, 5) is 15.0. The summed E-state index contributed by atoms with van der Waals surface area (Å²) >= 11 is 0. The summed E-state index contributed by atoms with van der Waals surface area (Å²) in [6.45, 7) is 7.67. The van der Waals surface area contributed by atoms with Crippen molar-refractivity contribution in [3.05, 3.63) is 47.8 Å². The van der Waals surface area contributed by atoms with Crippen LogP contribution < -0.4 is 10.6 Å². The largest absolute Gasteiger partial charge is 0.321 e. The molecule has 1 aromatic carbocycles. The monoisotopic (exact) mass is 381 g/mol. The molecule has 0 aliphatic carbocycles. The Bertz CT molecular complexity index is 770. The van der Waals surface area contributed by atoms with E-state index in [1.54, 1.807) is 6.07 Å². The summed E-state index contributed by atoms with van der Waals surface area (Å²) in [5, 5.41) is 10.8. The molecule has 2 fully saturated rings. The highest BCUT2D eigenvalue weighted by Gasteiger charge is 2.18. The van der Waals surface area contributed by atoms with Crippen molar-refractivity contribution in [2.45, 2.75) is 45.2 Å².